The summed E-state index contributed by atoms with van der Waals surface area (Å²) in [6, 6.07) is 6.00. The van der Waals surface area contributed by atoms with Gasteiger partial charge in [0.2, 0.25) is 0 Å². The van der Waals surface area contributed by atoms with Crippen LogP contribution in [0.1, 0.15) is 33.8 Å². The Kier molecular flexibility index (Phi) is 4.31. The highest BCUT2D eigenvalue weighted by molar-refractivity contribution is 7.21. The van der Waals surface area contributed by atoms with Gasteiger partial charge in [0, 0.05) is 36.6 Å². The van der Waals surface area contributed by atoms with Crippen LogP contribution in [0, 0.1) is 13.8 Å². The summed E-state index contributed by atoms with van der Waals surface area (Å²) in [5.74, 6) is -0.0562. The van der Waals surface area contributed by atoms with Gasteiger partial charge in [-0.3, -0.25) is 4.79 Å². The van der Waals surface area contributed by atoms with Crippen molar-refractivity contribution in [2.75, 3.05) is 13.2 Å². The first kappa shape index (κ1) is 16.3. The molecule has 5 nitrogen and oxygen atoms in total. The predicted octanol–water partition coefficient (Wildman–Crippen LogP) is 3.61. The largest absolute Gasteiger partial charge is 0.376 e. The van der Waals surface area contributed by atoms with Crippen LogP contribution in [0.15, 0.2) is 30.6 Å². The Bertz CT molecular complexity index is 909. The summed E-state index contributed by atoms with van der Waals surface area (Å²) < 4.78 is 7.61. The smallest absolute Gasteiger partial charge is 0.263 e. The Labute approximate surface area is 150 Å². The summed E-state index contributed by atoms with van der Waals surface area (Å²) in [6.45, 7) is 5.41. The van der Waals surface area contributed by atoms with E-state index in [1.165, 1.54) is 11.3 Å². The van der Waals surface area contributed by atoms with Crippen LogP contribution in [-0.4, -0.2) is 34.7 Å². The molecule has 0 unspecified atom stereocenters. The molecule has 1 amide bonds. The van der Waals surface area contributed by atoms with E-state index in [0.29, 0.717) is 11.4 Å². The molecule has 4 rings (SSSR count). The lowest BCUT2D eigenvalue weighted by atomic mass is 10.1. The van der Waals surface area contributed by atoms with Gasteiger partial charge in [-0.05, 0) is 50.5 Å². The van der Waals surface area contributed by atoms with E-state index in [2.05, 4.69) is 23.3 Å². The highest BCUT2D eigenvalue weighted by Crippen LogP contribution is 2.35. The minimum absolute atomic E-state index is 0.0562. The van der Waals surface area contributed by atoms with Crippen molar-refractivity contribution in [1.29, 1.82) is 0 Å². The summed E-state index contributed by atoms with van der Waals surface area (Å²) in [4.78, 5) is 19.1. The number of carbonyl (C=O) groups is 1. The number of aromatic nitrogens is 2. The quantitative estimate of drug-likeness (QED) is 0.778. The minimum atomic E-state index is -0.0562. The number of amides is 1. The van der Waals surface area contributed by atoms with Gasteiger partial charge in [-0.1, -0.05) is 0 Å². The van der Waals surface area contributed by atoms with Gasteiger partial charge in [0.05, 0.1) is 11.8 Å². The normalized spacial score (nSPS) is 17.3. The zero-order valence-corrected chi connectivity index (χ0v) is 15.2. The number of pyridine rings is 1. The maximum absolute atomic E-state index is 12.9. The third-order valence-corrected chi connectivity index (χ3v) is 5.62. The molecule has 1 N–H and O–H groups in total. The fourth-order valence-electron chi connectivity index (χ4n) is 3.40. The van der Waals surface area contributed by atoms with Gasteiger partial charge in [0.1, 0.15) is 9.71 Å². The van der Waals surface area contributed by atoms with Crippen molar-refractivity contribution < 1.29 is 9.53 Å². The molecule has 0 radical (unpaired) electrons. The van der Waals surface area contributed by atoms with Crippen molar-refractivity contribution in [2.24, 2.45) is 0 Å². The van der Waals surface area contributed by atoms with Crippen LogP contribution in [0.2, 0.25) is 0 Å². The summed E-state index contributed by atoms with van der Waals surface area (Å²) in [6.07, 6.45) is 6.16. The van der Waals surface area contributed by atoms with Gasteiger partial charge in [-0.2, -0.15) is 0 Å². The molecule has 0 aliphatic carbocycles. The summed E-state index contributed by atoms with van der Waals surface area (Å²) >= 11 is 1.46. The molecule has 0 aromatic carbocycles. The van der Waals surface area contributed by atoms with Crippen molar-refractivity contribution in [3.05, 3.63) is 46.7 Å². The number of nitrogens with one attached hydrogen (secondary N) is 1. The van der Waals surface area contributed by atoms with E-state index in [-0.39, 0.29) is 12.0 Å². The number of thiophene rings is 1. The minimum Gasteiger partial charge on any atom is -0.376 e. The first-order valence-electron chi connectivity index (χ1n) is 8.57. The number of rotatable bonds is 4. The van der Waals surface area contributed by atoms with Crippen molar-refractivity contribution in [1.82, 2.24) is 14.9 Å². The zero-order valence-electron chi connectivity index (χ0n) is 14.4. The lowest BCUT2D eigenvalue weighted by Crippen LogP contribution is -2.31. The van der Waals surface area contributed by atoms with E-state index in [1.54, 1.807) is 0 Å². The average molecular weight is 355 g/mol. The van der Waals surface area contributed by atoms with Gasteiger partial charge in [0.25, 0.3) is 5.91 Å². The molecular weight excluding hydrogens is 334 g/mol. The first-order valence-corrected chi connectivity index (χ1v) is 9.39. The van der Waals surface area contributed by atoms with E-state index in [4.69, 9.17) is 4.74 Å². The molecule has 1 saturated heterocycles. The monoisotopic (exact) mass is 355 g/mol. The second-order valence-electron chi connectivity index (χ2n) is 6.48. The molecule has 25 heavy (non-hydrogen) atoms. The number of nitrogens with zero attached hydrogens (tertiary/aromatic N) is 2. The van der Waals surface area contributed by atoms with Crippen molar-refractivity contribution >= 4 is 27.5 Å². The van der Waals surface area contributed by atoms with Crippen LogP contribution < -0.4 is 5.32 Å². The van der Waals surface area contributed by atoms with Gasteiger partial charge in [0.15, 0.2) is 0 Å². The third kappa shape index (κ3) is 3.07. The molecule has 0 bridgehead atoms. The number of fused-ring (bicyclic) bond motifs is 1. The van der Waals surface area contributed by atoms with Crippen molar-refractivity contribution in [3.63, 3.8) is 0 Å². The highest BCUT2D eigenvalue weighted by atomic mass is 32.1. The van der Waals surface area contributed by atoms with Crippen LogP contribution in [0.3, 0.4) is 0 Å². The lowest BCUT2D eigenvalue weighted by Gasteiger charge is -2.11. The first-order chi connectivity index (χ1) is 12.1. The molecule has 1 aliphatic heterocycles. The maximum Gasteiger partial charge on any atom is 0.263 e. The van der Waals surface area contributed by atoms with Gasteiger partial charge in [-0.25, -0.2) is 4.98 Å². The van der Waals surface area contributed by atoms with E-state index >= 15 is 0 Å². The molecule has 3 aromatic heterocycles. The number of aryl methyl sites for hydroxylation is 2. The molecule has 6 heteroatoms. The molecule has 1 fully saturated rings. The number of carbonyl (C=O) groups excluding carboxylic acids is 1. The standard InChI is InChI=1S/C19H21N3O2S/c1-12-10-13(2)21-19-15(12)16(22-7-3-4-8-22)17(25-19)18(23)20-11-14-6-5-9-24-14/h3-4,7-8,10,14H,5-6,9,11H2,1-2H3,(H,20,23)/t14-/m0/s1. The van der Waals surface area contributed by atoms with Crippen LogP contribution in [0.25, 0.3) is 15.9 Å². The van der Waals surface area contributed by atoms with E-state index in [1.807, 2.05) is 36.0 Å². The van der Waals surface area contributed by atoms with E-state index in [9.17, 15) is 4.79 Å². The molecule has 0 spiro atoms. The van der Waals surface area contributed by atoms with Gasteiger partial charge in [-0.15, -0.1) is 11.3 Å². The van der Waals surface area contributed by atoms with Crippen LogP contribution in [0.5, 0.6) is 0 Å². The molecular formula is C19H21N3O2S. The highest BCUT2D eigenvalue weighted by Gasteiger charge is 2.23. The summed E-state index contributed by atoms with van der Waals surface area (Å²) in [5.41, 5.74) is 3.03. The Hall–Kier alpha value is -2.18. The molecule has 130 valence electrons. The van der Waals surface area contributed by atoms with Gasteiger partial charge < -0.3 is 14.6 Å². The third-order valence-electron chi connectivity index (χ3n) is 4.55. The second-order valence-corrected chi connectivity index (χ2v) is 7.47. The Morgan fingerprint density at radius 1 is 1.40 bits per heavy atom. The number of hydrogen-bond acceptors (Lipinski definition) is 4. The lowest BCUT2D eigenvalue weighted by molar-refractivity contribution is 0.0861. The fourth-order valence-corrected chi connectivity index (χ4v) is 4.61. The number of ether oxygens (including phenoxy) is 1. The molecule has 4 heterocycles. The van der Waals surface area contributed by atoms with Gasteiger partial charge >= 0.3 is 0 Å². The van der Waals surface area contributed by atoms with E-state index in [0.717, 1.165) is 46.6 Å². The van der Waals surface area contributed by atoms with Crippen molar-refractivity contribution in [3.8, 4) is 5.69 Å². The van der Waals surface area contributed by atoms with Crippen LogP contribution in [-0.2, 0) is 4.74 Å². The Morgan fingerprint density at radius 3 is 2.92 bits per heavy atom. The second kappa shape index (κ2) is 6.61. The van der Waals surface area contributed by atoms with Crippen LogP contribution in [0.4, 0.5) is 0 Å². The summed E-state index contributed by atoms with van der Waals surface area (Å²) in [5, 5.41) is 4.09. The molecule has 1 atom stereocenters. The SMILES string of the molecule is Cc1cc(C)c2c(-n3cccc3)c(C(=O)NC[C@@H]3CCCO3)sc2n1. The number of hydrogen-bond donors (Lipinski definition) is 1. The fraction of sp³-hybridized carbons (Fsp3) is 0.368. The Morgan fingerprint density at radius 2 is 2.20 bits per heavy atom. The molecule has 3 aromatic rings. The zero-order chi connectivity index (χ0) is 17.4. The van der Waals surface area contributed by atoms with E-state index < -0.39 is 0 Å². The predicted molar refractivity (Wildman–Crippen MR) is 99.7 cm³/mol. The maximum atomic E-state index is 12.9. The molecule has 1 aliphatic rings. The van der Waals surface area contributed by atoms with Crippen molar-refractivity contribution in [2.45, 2.75) is 32.8 Å². The topological polar surface area (TPSA) is 56.2 Å². The Balaban J connectivity index is 1.75. The van der Waals surface area contributed by atoms with Crippen LogP contribution >= 0.6 is 11.3 Å². The summed E-state index contributed by atoms with van der Waals surface area (Å²) in [7, 11) is 0. The molecule has 0 saturated carbocycles. The average Bonchev–Trinajstić information content (AvgIpc) is 3.31.